The van der Waals surface area contributed by atoms with Gasteiger partial charge in [0.25, 0.3) is 0 Å². The van der Waals surface area contributed by atoms with Gasteiger partial charge in [-0.15, -0.1) is 0 Å². The van der Waals surface area contributed by atoms with Gasteiger partial charge in [-0.25, -0.2) is 18.2 Å². The van der Waals surface area contributed by atoms with E-state index in [1.807, 2.05) is 0 Å². The van der Waals surface area contributed by atoms with Crippen LogP contribution in [0.5, 0.6) is 0 Å². The number of halogens is 6. The number of nitrogens with two attached hydrogens (primary N) is 1. The number of aromatic nitrogens is 2. The Morgan fingerprint density at radius 1 is 0.950 bits per heavy atom. The normalized spacial score (nSPS) is 15.8. The fraction of sp³-hybridized carbons (Fsp3) is 0.185. The first-order valence-corrected chi connectivity index (χ1v) is 11.8. The first-order valence-electron chi connectivity index (χ1n) is 11.8. The standard InChI is InChI=1S/C27H18F6N4O3/c28-17-9-15(14-3-1-13(26(34)39)7-16(14)27(31,32)33)23(29)22(24(17)30)25(38)12-2-4-18-19(8-12)36-10-20(37-18)21-11-35-5-6-40-21/h1-4,7-10,21,35H,5-6,11H2,(H2,34,39). The monoisotopic (exact) mass is 560 g/mol. The van der Waals surface area contributed by atoms with Crippen molar-refractivity contribution in [3.63, 3.8) is 0 Å². The molecule has 4 aromatic rings. The molecule has 13 heteroatoms. The number of carbonyl (C=O) groups excluding carboxylic acids is 2. The molecule has 206 valence electrons. The van der Waals surface area contributed by atoms with Gasteiger partial charge in [-0.1, -0.05) is 6.07 Å². The largest absolute Gasteiger partial charge is 0.417 e. The maximum Gasteiger partial charge on any atom is 0.417 e. The van der Waals surface area contributed by atoms with Crippen LogP contribution in [0, 0.1) is 17.5 Å². The molecule has 1 aliphatic heterocycles. The molecule has 2 heterocycles. The number of hydrogen-bond donors (Lipinski definition) is 2. The zero-order chi connectivity index (χ0) is 28.8. The van der Waals surface area contributed by atoms with E-state index in [1.54, 1.807) is 0 Å². The van der Waals surface area contributed by atoms with E-state index in [0.29, 0.717) is 43.0 Å². The Balaban J connectivity index is 1.58. The van der Waals surface area contributed by atoms with E-state index in [2.05, 4.69) is 15.3 Å². The molecule has 0 bridgehead atoms. The van der Waals surface area contributed by atoms with Gasteiger partial charge in [0.15, 0.2) is 17.4 Å². The first-order chi connectivity index (χ1) is 19.0. The summed E-state index contributed by atoms with van der Waals surface area (Å²) in [4.78, 5) is 33.3. The van der Waals surface area contributed by atoms with Crippen molar-refractivity contribution in [2.24, 2.45) is 5.73 Å². The van der Waals surface area contributed by atoms with Gasteiger partial charge in [-0.2, -0.15) is 13.2 Å². The number of ketones is 1. The van der Waals surface area contributed by atoms with Crippen molar-refractivity contribution in [3.05, 3.63) is 94.1 Å². The van der Waals surface area contributed by atoms with Crippen LogP contribution in [0.3, 0.4) is 0 Å². The molecule has 5 rings (SSSR count). The number of amides is 1. The smallest absolute Gasteiger partial charge is 0.369 e. The minimum atomic E-state index is -5.13. The molecule has 7 nitrogen and oxygen atoms in total. The van der Waals surface area contributed by atoms with E-state index in [1.165, 1.54) is 24.4 Å². The maximum atomic E-state index is 15.6. The third-order valence-corrected chi connectivity index (χ3v) is 6.36. The third-order valence-electron chi connectivity index (χ3n) is 6.36. The highest BCUT2D eigenvalue weighted by molar-refractivity contribution is 6.11. The van der Waals surface area contributed by atoms with E-state index in [-0.39, 0.29) is 23.3 Å². The summed E-state index contributed by atoms with van der Waals surface area (Å²) >= 11 is 0. The number of carbonyl (C=O) groups is 2. The number of benzene rings is 3. The predicted molar refractivity (Wildman–Crippen MR) is 130 cm³/mol. The molecule has 0 aliphatic carbocycles. The minimum Gasteiger partial charge on any atom is -0.369 e. The van der Waals surface area contributed by atoms with Crippen LogP contribution in [0.15, 0.2) is 48.7 Å². The molecule has 1 aromatic heterocycles. The van der Waals surface area contributed by atoms with Gasteiger partial charge in [0, 0.05) is 29.8 Å². The molecule has 1 fully saturated rings. The zero-order valence-electron chi connectivity index (χ0n) is 20.3. The van der Waals surface area contributed by atoms with Crippen LogP contribution in [-0.2, 0) is 10.9 Å². The van der Waals surface area contributed by atoms with E-state index in [0.717, 1.165) is 6.07 Å². The molecule has 1 unspecified atom stereocenters. The van der Waals surface area contributed by atoms with Crippen LogP contribution in [0.1, 0.15) is 43.6 Å². The van der Waals surface area contributed by atoms with Gasteiger partial charge >= 0.3 is 6.18 Å². The van der Waals surface area contributed by atoms with Gasteiger partial charge in [0.1, 0.15) is 11.9 Å². The Hall–Kier alpha value is -4.36. The number of morpholine rings is 1. The molecule has 40 heavy (non-hydrogen) atoms. The highest BCUT2D eigenvalue weighted by Crippen LogP contribution is 2.40. The second-order valence-electron chi connectivity index (χ2n) is 8.92. The van der Waals surface area contributed by atoms with E-state index < -0.39 is 63.1 Å². The highest BCUT2D eigenvalue weighted by atomic mass is 19.4. The van der Waals surface area contributed by atoms with Gasteiger partial charge < -0.3 is 15.8 Å². The second kappa shape index (κ2) is 10.3. The summed E-state index contributed by atoms with van der Waals surface area (Å²) in [5.74, 6) is -7.86. The molecule has 0 radical (unpaired) electrons. The number of rotatable bonds is 5. The van der Waals surface area contributed by atoms with Crippen molar-refractivity contribution in [2.75, 3.05) is 19.7 Å². The SMILES string of the molecule is NC(=O)c1ccc(-c2cc(F)c(F)c(C(=O)c3ccc4nc(C5CNCCO5)cnc4c3)c2F)c(C(F)(F)F)c1. The van der Waals surface area contributed by atoms with Gasteiger partial charge in [0.05, 0.1) is 40.7 Å². The summed E-state index contributed by atoms with van der Waals surface area (Å²) in [6.45, 7) is 1.68. The Labute approximate surface area is 222 Å². The average Bonchev–Trinajstić information content (AvgIpc) is 2.94. The molecule has 1 atom stereocenters. The molecule has 1 aliphatic rings. The summed E-state index contributed by atoms with van der Waals surface area (Å²) in [6.07, 6.45) is -4.06. The van der Waals surface area contributed by atoms with E-state index in [4.69, 9.17) is 10.5 Å². The quantitative estimate of drug-likeness (QED) is 0.208. The first kappa shape index (κ1) is 27.2. The number of alkyl halides is 3. The summed E-state index contributed by atoms with van der Waals surface area (Å²) in [7, 11) is 0. The predicted octanol–water partition coefficient (Wildman–Crippen LogP) is 4.72. The Morgan fingerprint density at radius 3 is 2.38 bits per heavy atom. The van der Waals surface area contributed by atoms with Crippen molar-refractivity contribution in [2.45, 2.75) is 12.3 Å². The number of primary amides is 1. The molecule has 0 saturated carbocycles. The lowest BCUT2D eigenvalue weighted by molar-refractivity contribution is -0.137. The fourth-order valence-corrected chi connectivity index (χ4v) is 4.39. The second-order valence-corrected chi connectivity index (χ2v) is 8.92. The zero-order valence-corrected chi connectivity index (χ0v) is 20.3. The van der Waals surface area contributed by atoms with Gasteiger partial charge in [-0.05, 0) is 42.0 Å². The van der Waals surface area contributed by atoms with Crippen molar-refractivity contribution in [1.29, 1.82) is 0 Å². The van der Waals surface area contributed by atoms with Crippen LogP contribution in [0.2, 0.25) is 0 Å². The lowest BCUT2D eigenvalue weighted by Gasteiger charge is -2.22. The molecular weight excluding hydrogens is 542 g/mol. The fourth-order valence-electron chi connectivity index (χ4n) is 4.39. The number of nitrogens with one attached hydrogen (secondary N) is 1. The Morgan fingerprint density at radius 2 is 1.70 bits per heavy atom. The molecule has 3 aromatic carbocycles. The molecular formula is C27H18F6N4O3. The molecule has 0 spiro atoms. The number of nitrogens with zero attached hydrogens (tertiary/aromatic N) is 2. The Kier molecular flexibility index (Phi) is 7.02. The summed E-state index contributed by atoms with van der Waals surface area (Å²) < 4.78 is 92.0. The van der Waals surface area contributed by atoms with Gasteiger partial charge in [-0.3, -0.25) is 14.6 Å². The van der Waals surface area contributed by atoms with E-state index >= 15 is 4.39 Å². The number of fused-ring (bicyclic) bond motifs is 1. The van der Waals surface area contributed by atoms with Crippen LogP contribution < -0.4 is 11.1 Å². The Bertz CT molecular complexity index is 1670. The van der Waals surface area contributed by atoms with Crippen molar-refractivity contribution in [3.8, 4) is 11.1 Å². The average molecular weight is 560 g/mol. The highest BCUT2D eigenvalue weighted by Gasteiger charge is 2.36. The summed E-state index contributed by atoms with van der Waals surface area (Å²) in [6, 6.07) is 5.89. The number of hydrogen-bond acceptors (Lipinski definition) is 6. The van der Waals surface area contributed by atoms with Gasteiger partial charge in [0.2, 0.25) is 5.91 Å². The number of ether oxygens (including phenoxy) is 1. The van der Waals surface area contributed by atoms with E-state index in [9.17, 15) is 31.5 Å². The van der Waals surface area contributed by atoms with Crippen LogP contribution in [0.4, 0.5) is 26.3 Å². The summed E-state index contributed by atoms with van der Waals surface area (Å²) in [5.41, 5.74) is 0.374. The van der Waals surface area contributed by atoms with Crippen molar-refractivity contribution >= 4 is 22.7 Å². The molecule has 1 saturated heterocycles. The van der Waals surface area contributed by atoms with Crippen LogP contribution in [0.25, 0.3) is 22.2 Å². The van der Waals surface area contributed by atoms with Crippen LogP contribution in [-0.4, -0.2) is 41.4 Å². The van der Waals surface area contributed by atoms with Crippen LogP contribution >= 0.6 is 0 Å². The lowest BCUT2D eigenvalue weighted by Crippen LogP contribution is -2.33. The summed E-state index contributed by atoms with van der Waals surface area (Å²) in [5, 5.41) is 3.15. The lowest BCUT2D eigenvalue weighted by atomic mass is 9.92. The minimum absolute atomic E-state index is 0.178. The van der Waals surface area contributed by atoms with Crippen molar-refractivity contribution in [1.82, 2.24) is 15.3 Å². The topological polar surface area (TPSA) is 107 Å². The molecule has 3 N–H and O–H groups in total. The maximum absolute atomic E-state index is 15.6. The van der Waals surface area contributed by atoms with Crippen molar-refractivity contribution < 1.29 is 40.7 Å². The third kappa shape index (κ3) is 5.00. The molecule has 1 amide bonds.